The van der Waals surface area contributed by atoms with Crippen LogP contribution in [0, 0.1) is 6.92 Å². The zero-order valence-corrected chi connectivity index (χ0v) is 18.5. The Hall–Kier alpha value is -2.33. The number of sulfonamides is 1. The number of anilines is 1. The zero-order valence-electron chi connectivity index (χ0n) is 16.1. The normalized spacial score (nSPS) is 14.7. The third kappa shape index (κ3) is 4.24. The van der Waals surface area contributed by atoms with Crippen molar-refractivity contribution in [1.82, 2.24) is 14.5 Å². The van der Waals surface area contributed by atoms with Crippen molar-refractivity contribution in [3.8, 4) is 10.6 Å². The maximum absolute atomic E-state index is 12.8. The van der Waals surface area contributed by atoms with E-state index in [1.54, 1.807) is 0 Å². The lowest BCUT2D eigenvalue weighted by Crippen LogP contribution is -2.28. The molecule has 0 spiro atoms. The van der Waals surface area contributed by atoms with E-state index in [0.29, 0.717) is 23.2 Å². The third-order valence-electron chi connectivity index (χ3n) is 4.83. The molecule has 0 unspecified atom stereocenters. The number of aromatic nitrogens is 2. The van der Waals surface area contributed by atoms with E-state index in [0.717, 1.165) is 24.0 Å². The number of rotatable bonds is 5. The first-order chi connectivity index (χ1) is 14.3. The van der Waals surface area contributed by atoms with Crippen molar-refractivity contribution in [2.24, 2.45) is 0 Å². The minimum atomic E-state index is -3.65. The van der Waals surface area contributed by atoms with Gasteiger partial charge in [0.15, 0.2) is 0 Å². The minimum Gasteiger partial charge on any atom is -0.296 e. The number of benzene rings is 2. The Labute approximate surface area is 183 Å². The van der Waals surface area contributed by atoms with Crippen molar-refractivity contribution < 1.29 is 13.2 Å². The summed E-state index contributed by atoms with van der Waals surface area (Å²) in [6.45, 7) is 2.97. The lowest BCUT2D eigenvalue weighted by Gasteiger charge is -2.16. The fourth-order valence-electron chi connectivity index (χ4n) is 3.17. The predicted molar refractivity (Wildman–Crippen MR) is 117 cm³/mol. The number of carbonyl (C=O) groups excluding carboxylic acids is 1. The van der Waals surface area contributed by atoms with E-state index in [2.05, 4.69) is 15.5 Å². The van der Waals surface area contributed by atoms with E-state index in [1.807, 2.05) is 31.2 Å². The standard InChI is InChI=1S/C20H19ClN4O3S2/c1-13-4-6-14(7-5-13)19-23-24-20(29-19)22-18(26)16-12-15(8-9-17(16)21)30(27,28)25-10-2-3-11-25/h4-9,12H,2-3,10-11H2,1H3,(H,22,24,26). The van der Waals surface area contributed by atoms with Crippen LogP contribution in [0.3, 0.4) is 0 Å². The van der Waals surface area contributed by atoms with Gasteiger partial charge in [-0.1, -0.05) is 52.8 Å². The fraction of sp³-hybridized carbons (Fsp3) is 0.250. The Bertz CT molecular complexity index is 1190. The van der Waals surface area contributed by atoms with Crippen molar-refractivity contribution in [2.45, 2.75) is 24.7 Å². The number of halogens is 1. The van der Waals surface area contributed by atoms with Gasteiger partial charge >= 0.3 is 0 Å². The van der Waals surface area contributed by atoms with E-state index in [1.165, 1.54) is 33.8 Å². The van der Waals surface area contributed by atoms with E-state index >= 15 is 0 Å². The quantitative estimate of drug-likeness (QED) is 0.613. The van der Waals surface area contributed by atoms with Gasteiger partial charge in [0.25, 0.3) is 5.91 Å². The smallest absolute Gasteiger partial charge is 0.259 e. The Morgan fingerprint density at radius 2 is 1.80 bits per heavy atom. The molecule has 1 N–H and O–H groups in total. The third-order valence-corrected chi connectivity index (χ3v) is 7.94. The first kappa shape index (κ1) is 20.9. The Morgan fingerprint density at radius 1 is 1.10 bits per heavy atom. The van der Waals surface area contributed by atoms with Crippen molar-refractivity contribution >= 4 is 44.0 Å². The van der Waals surface area contributed by atoms with Crippen molar-refractivity contribution in [1.29, 1.82) is 0 Å². The lowest BCUT2D eigenvalue weighted by atomic mass is 10.2. The molecule has 30 heavy (non-hydrogen) atoms. The minimum absolute atomic E-state index is 0.0524. The van der Waals surface area contributed by atoms with Crippen LogP contribution in [0.15, 0.2) is 47.4 Å². The summed E-state index contributed by atoms with van der Waals surface area (Å²) in [5.41, 5.74) is 2.11. The van der Waals surface area contributed by atoms with Crippen LogP contribution >= 0.6 is 22.9 Å². The van der Waals surface area contributed by atoms with Crippen LogP contribution in [0.2, 0.25) is 5.02 Å². The molecule has 1 aromatic heterocycles. The van der Waals surface area contributed by atoms with Gasteiger partial charge in [0.05, 0.1) is 15.5 Å². The highest BCUT2D eigenvalue weighted by Crippen LogP contribution is 2.29. The highest BCUT2D eigenvalue weighted by molar-refractivity contribution is 7.89. The van der Waals surface area contributed by atoms with Crippen molar-refractivity contribution in [3.05, 3.63) is 58.6 Å². The number of nitrogens with zero attached hydrogens (tertiary/aromatic N) is 3. The summed E-state index contributed by atoms with van der Waals surface area (Å²) < 4.78 is 27.0. The second-order valence-corrected chi connectivity index (χ2v) is 10.3. The van der Waals surface area contributed by atoms with Gasteiger partial charge in [0.1, 0.15) is 5.01 Å². The van der Waals surface area contributed by atoms with E-state index in [-0.39, 0.29) is 15.5 Å². The number of amides is 1. The fourth-order valence-corrected chi connectivity index (χ4v) is 5.66. The number of carbonyl (C=O) groups is 1. The van der Waals surface area contributed by atoms with Crippen molar-refractivity contribution in [2.75, 3.05) is 18.4 Å². The van der Waals surface area contributed by atoms with Gasteiger partial charge in [-0.3, -0.25) is 10.1 Å². The van der Waals surface area contributed by atoms with Crippen LogP contribution < -0.4 is 5.32 Å². The molecule has 4 rings (SSSR count). The molecule has 10 heteroatoms. The topological polar surface area (TPSA) is 92.3 Å². The summed E-state index contributed by atoms with van der Waals surface area (Å²) in [6, 6.07) is 12.0. The highest BCUT2D eigenvalue weighted by atomic mass is 35.5. The predicted octanol–water partition coefficient (Wildman–Crippen LogP) is 4.20. The van der Waals surface area contributed by atoms with Crippen LogP contribution in [-0.4, -0.2) is 41.9 Å². The molecule has 1 aliphatic rings. The molecular weight excluding hydrogens is 444 g/mol. The molecule has 1 aliphatic heterocycles. The van der Waals surface area contributed by atoms with E-state index < -0.39 is 15.9 Å². The Morgan fingerprint density at radius 3 is 2.50 bits per heavy atom. The monoisotopic (exact) mass is 462 g/mol. The molecular formula is C20H19ClN4O3S2. The van der Waals surface area contributed by atoms with Gasteiger partial charge in [-0.15, -0.1) is 10.2 Å². The molecule has 0 aliphatic carbocycles. The maximum atomic E-state index is 12.8. The molecule has 0 radical (unpaired) electrons. The molecule has 1 saturated heterocycles. The highest BCUT2D eigenvalue weighted by Gasteiger charge is 2.28. The van der Waals surface area contributed by atoms with Crippen molar-refractivity contribution in [3.63, 3.8) is 0 Å². The number of aryl methyl sites for hydroxylation is 1. The Balaban J connectivity index is 1.56. The Kier molecular flexibility index (Phi) is 5.88. The second kappa shape index (κ2) is 8.43. The summed E-state index contributed by atoms with van der Waals surface area (Å²) in [5, 5.41) is 11.9. The number of nitrogens with one attached hydrogen (secondary N) is 1. The number of hydrogen-bond donors (Lipinski definition) is 1. The second-order valence-electron chi connectivity index (χ2n) is 6.99. The molecule has 156 valence electrons. The van der Waals surface area contributed by atoms with Crippen LogP contribution in [0.4, 0.5) is 5.13 Å². The van der Waals surface area contributed by atoms with Gasteiger partial charge in [0, 0.05) is 18.7 Å². The first-order valence-electron chi connectivity index (χ1n) is 9.36. The van der Waals surface area contributed by atoms with Gasteiger partial charge in [0.2, 0.25) is 15.2 Å². The molecule has 1 amide bonds. The van der Waals surface area contributed by atoms with Crippen LogP contribution in [0.25, 0.3) is 10.6 Å². The van der Waals surface area contributed by atoms with Gasteiger partial charge in [-0.25, -0.2) is 8.42 Å². The summed E-state index contributed by atoms with van der Waals surface area (Å²) in [7, 11) is -3.65. The van der Waals surface area contributed by atoms with Gasteiger partial charge < -0.3 is 0 Å². The van der Waals surface area contributed by atoms with Crippen LogP contribution in [0.1, 0.15) is 28.8 Å². The summed E-state index contributed by atoms with van der Waals surface area (Å²) >= 11 is 7.41. The zero-order chi connectivity index (χ0) is 21.3. The summed E-state index contributed by atoms with van der Waals surface area (Å²) in [6.07, 6.45) is 1.67. The SMILES string of the molecule is Cc1ccc(-c2nnc(NC(=O)c3cc(S(=O)(=O)N4CCCC4)ccc3Cl)s2)cc1. The van der Waals surface area contributed by atoms with Gasteiger partial charge in [-0.2, -0.15) is 4.31 Å². The molecule has 0 bridgehead atoms. The maximum Gasteiger partial charge on any atom is 0.259 e. The number of hydrogen-bond acceptors (Lipinski definition) is 6. The first-order valence-corrected chi connectivity index (χ1v) is 12.0. The summed E-state index contributed by atoms with van der Waals surface area (Å²) in [5.74, 6) is -0.537. The average molecular weight is 463 g/mol. The lowest BCUT2D eigenvalue weighted by molar-refractivity contribution is 0.102. The molecule has 2 heterocycles. The van der Waals surface area contributed by atoms with E-state index in [9.17, 15) is 13.2 Å². The van der Waals surface area contributed by atoms with Crippen LogP contribution in [-0.2, 0) is 10.0 Å². The molecule has 7 nitrogen and oxygen atoms in total. The molecule has 0 saturated carbocycles. The van der Waals surface area contributed by atoms with Gasteiger partial charge in [-0.05, 0) is 38.0 Å². The molecule has 2 aromatic carbocycles. The largest absolute Gasteiger partial charge is 0.296 e. The average Bonchev–Trinajstić information content (AvgIpc) is 3.41. The molecule has 3 aromatic rings. The molecule has 1 fully saturated rings. The molecule has 0 atom stereocenters. The van der Waals surface area contributed by atoms with Crippen LogP contribution in [0.5, 0.6) is 0 Å². The van der Waals surface area contributed by atoms with E-state index in [4.69, 9.17) is 11.6 Å². The summed E-state index contributed by atoms with van der Waals surface area (Å²) in [4.78, 5) is 12.8.